The average Bonchev–Trinajstić information content (AvgIpc) is 2.66. The van der Waals surface area contributed by atoms with Crippen LogP contribution in [0.2, 0.25) is 0 Å². The van der Waals surface area contributed by atoms with Gasteiger partial charge in [0, 0.05) is 6.42 Å². The van der Waals surface area contributed by atoms with Gasteiger partial charge in [-0.3, -0.25) is 5.01 Å². The second kappa shape index (κ2) is 3.18. The van der Waals surface area contributed by atoms with Crippen LogP contribution in [-0.4, -0.2) is 34.6 Å². The molecule has 3 rings (SSSR count). The Bertz CT molecular complexity index is 399. The molecule has 2 amide bonds. The van der Waals surface area contributed by atoms with Gasteiger partial charge in [-0.05, 0) is 19.3 Å². The van der Waals surface area contributed by atoms with E-state index in [0.29, 0.717) is 5.71 Å². The number of rotatable bonds is 1. The molecule has 3 aliphatic rings. The van der Waals surface area contributed by atoms with E-state index in [-0.39, 0.29) is 12.1 Å². The van der Waals surface area contributed by atoms with Gasteiger partial charge in [-0.15, -0.1) is 0 Å². The zero-order chi connectivity index (χ0) is 11.2. The van der Waals surface area contributed by atoms with Crippen LogP contribution in [0, 0.1) is 0 Å². The molecule has 2 heterocycles. The number of urea groups is 1. The smallest absolute Gasteiger partial charge is 0.352 e. The molecule has 1 fully saturated rings. The Kier molecular flexibility index (Phi) is 1.90. The van der Waals surface area contributed by atoms with Gasteiger partial charge in [0.15, 0.2) is 0 Å². The summed E-state index contributed by atoms with van der Waals surface area (Å²) in [6.07, 6.45) is 4.06. The summed E-state index contributed by atoms with van der Waals surface area (Å²) in [5.74, 6) is 5.49. The summed E-state index contributed by atoms with van der Waals surface area (Å²) in [5, 5.41) is 9.08. The zero-order valence-electron chi connectivity index (χ0n) is 8.77. The second-order valence-corrected chi connectivity index (χ2v) is 4.45. The summed E-state index contributed by atoms with van der Waals surface area (Å²) >= 11 is 0. The van der Waals surface area contributed by atoms with Crippen LogP contribution in [0.1, 0.15) is 25.7 Å². The highest BCUT2D eigenvalue weighted by Gasteiger charge is 2.46. The lowest BCUT2D eigenvalue weighted by atomic mass is 9.76. The normalized spacial score (nSPS) is 26.8. The number of hydrogen-bond acceptors (Lipinski definition) is 5. The maximum atomic E-state index is 11.1. The van der Waals surface area contributed by atoms with E-state index >= 15 is 0 Å². The molecule has 7 heteroatoms. The number of hydrogen-bond donors (Lipinski definition) is 2. The first-order valence-electron chi connectivity index (χ1n) is 5.33. The standard InChI is InChI=1S/C9H13N5O2/c10-14-5-7(11-12-8(14)15)6-4-9(16-13-6)2-1-3-9/h1-5,10H2,(H,12,15). The molecule has 16 heavy (non-hydrogen) atoms. The summed E-state index contributed by atoms with van der Waals surface area (Å²) in [4.78, 5) is 16.5. The van der Waals surface area contributed by atoms with Crippen molar-refractivity contribution in [2.45, 2.75) is 31.3 Å². The third kappa shape index (κ3) is 1.35. The molecule has 0 bridgehead atoms. The van der Waals surface area contributed by atoms with Gasteiger partial charge in [-0.2, -0.15) is 5.10 Å². The van der Waals surface area contributed by atoms with Crippen LogP contribution in [0.25, 0.3) is 0 Å². The van der Waals surface area contributed by atoms with Gasteiger partial charge in [-0.1, -0.05) is 5.16 Å². The fraction of sp³-hybridized carbons (Fsp3) is 0.667. The van der Waals surface area contributed by atoms with E-state index in [0.717, 1.165) is 30.0 Å². The second-order valence-electron chi connectivity index (χ2n) is 4.45. The Morgan fingerprint density at radius 1 is 1.44 bits per heavy atom. The highest BCUT2D eigenvalue weighted by Crippen LogP contribution is 2.42. The first kappa shape index (κ1) is 9.59. The molecule has 0 aromatic heterocycles. The summed E-state index contributed by atoms with van der Waals surface area (Å²) in [6.45, 7) is 0.282. The highest BCUT2D eigenvalue weighted by atomic mass is 16.7. The van der Waals surface area contributed by atoms with Gasteiger partial charge >= 0.3 is 6.03 Å². The van der Waals surface area contributed by atoms with Crippen LogP contribution in [0.4, 0.5) is 4.79 Å². The third-order valence-electron chi connectivity index (χ3n) is 3.30. The largest absolute Gasteiger partial charge is 0.389 e. The Morgan fingerprint density at radius 2 is 2.25 bits per heavy atom. The first-order chi connectivity index (χ1) is 7.69. The van der Waals surface area contributed by atoms with Crippen molar-refractivity contribution in [3.05, 3.63) is 0 Å². The average molecular weight is 223 g/mol. The van der Waals surface area contributed by atoms with Crippen molar-refractivity contribution in [1.29, 1.82) is 0 Å². The van der Waals surface area contributed by atoms with Gasteiger partial charge < -0.3 is 4.84 Å². The summed E-state index contributed by atoms with van der Waals surface area (Å²) in [5.41, 5.74) is 3.74. The minimum atomic E-state index is -0.401. The maximum absolute atomic E-state index is 11.1. The molecular weight excluding hydrogens is 210 g/mol. The van der Waals surface area contributed by atoms with Crippen molar-refractivity contribution in [1.82, 2.24) is 10.4 Å². The quantitative estimate of drug-likeness (QED) is 0.482. The first-order valence-corrected chi connectivity index (χ1v) is 5.33. The van der Waals surface area contributed by atoms with Gasteiger partial charge in [0.2, 0.25) is 0 Å². The van der Waals surface area contributed by atoms with Gasteiger partial charge in [-0.25, -0.2) is 16.1 Å². The van der Waals surface area contributed by atoms with E-state index in [1.807, 2.05) is 0 Å². The lowest BCUT2D eigenvalue weighted by Gasteiger charge is -2.34. The zero-order valence-corrected chi connectivity index (χ0v) is 8.77. The molecule has 0 saturated heterocycles. The predicted molar refractivity (Wildman–Crippen MR) is 56.6 cm³/mol. The summed E-state index contributed by atoms with van der Waals surface area (Å²) in [6, 6.07) is -0.401. The van der Waals surface area contributed by atoms with Crippen molar-refractivity contribution in [3.8, 4) is 0 Å². The van der Waals surface area contributed by atoms with E-state index in [4.69, 9.17) is 10.7 Å². The molecule has 1 aliphatic carbocycles. The number of carbonyl (C=O) groups is 1. The topological polar surface area (TPSA) is 92.3 Å². The number of carbonyl (C=O) groups excluding carboxylic acids is 1. The number of amides is 2. The van der Waals surface area contributed by atoms with E-state index in [1.54, 1.807) is 0 Å². The molecule has 7 nitrogen and oxygen atoms in total. The van der Waals surface area contributed by atoms with E-state index in [9.17, 15) is 4.79 Å². The van der Waals surface area contributed by atoms with Crippen LogP contribution in [-0.2, 0) is 4.84 Å². The number of nitrogens with two attached hydrogens (primary N) is 1. The fourth-order valence-corrected chi connectivity index (χ4v) is 2.12. The van der Waals surface area contributed by atoms with E-state index in [1.165, 1.54) is 6.42 Å². The molecule has 2 aliphatic heterocycles. The maximum Gasteiger partial charge on any atom is 0.352 e. The van der Waals surface area contributed by atoms with Crippen LogP contribution < -0.4 is 11.3 Å². The minimum Gasteiger partial charge on any atom is -0.389 e. The van der Waals surface area contributed by atoms with Gasteiger partial charge in [0.05, 0.1) is 6.54 Å². The lowest BCUT2D eigenvalue weighted by molar-refractivity contribution is -0.0755. The number of oxime groups is 1. The molecule has 0 aromatic rings. The molecule has 1 spiro atoms. The fourth-order valence-electron chi connectivity index (χ4n) is 2.12. The third-order valence-corrected chi connectivity index (χ3v) is 3.30. The summed E-state index contributed by atoms with van der Waals surface area (Å²) in [7, 11) is 0. The number of hydrazine groups is 1. The Hall–Kier alpha value is -1.63. The predicted octanol–water partition coefficient (Wildman–Crippen LogP) is -0.0597. The Balaban J connectivity index is 1.73. The van der Waals surface area contributed by atoms with Crippen molar-refractivity contribution in [3.63, 3.8) is 0 Å². The van der Waals surface area contributed by atoms with E-state index in [2.05, 4.69) is 15.7 Å². The number of hydrazone groups is 1. The molecular formula is C9H13N5O2. The molecule has 0 atom stereocenters. The number of nitrogens with one attached hydrogen (secondary N) is 1. The van der Waals surface area contributed by atoms with Crippen LogP contribution in [0.3, 0.4) is 0 Å². The van der Waals surface area contributed by atoms with Gasteiger partial charge in [0.1, 0.15) is 17.0 Å². The SMILES string of the molecule is NN1CC(C2=NOC3(CCC3)C2)=NNC1=O. The van der Waals surface area contributed by atoms with Gasteiger partial charge in [0.25, 0.3) is 0 Å². The van der Waals surface area contributed by atoms with Crippen molar-refractivity contribution in [2.24, 2.45) is 16.1 Å². The molecule has 86 valence electrons. The van der Waals surface area contributed by atoms with Crippen LogP contribution >= 0.6 is 0 Å². The monoisotopic (exact) mass is 223 g/mol. The lowest BCUT2D eigenvalue weighted by Crippen LogP contribution is -2.51. The molecule has 1 saturated carbocycles. The van der Waals surface area contributed by atoms with Crippen molar-refractivity contribution < 1.29 is 9.63 Å². The van der Waals surface area contributed by atoms with Crippen LogP contribution in [0.5, 0.6) is 0 Å². The van der Waals surface area contributed by atoms with E-state index < -0.39 is 6.03 Å². The molecule has 0 unspecified atom stereocenters. The van der Waals surface area contributed by atoms with Crippen LogP contribution in [0.15, 0.2) is 10.3 Å². The highest BCUT2D eigenvalue weighted by molar-refractivity contribution is 6.44. The van der Waals surface area contributed by atoms with Crippen molar-refractivity contribution >= 4 is 17.5 Å². The minimum absolute atomic E-state index is 0.0846. The van der Waals surface area contributed by atoms with Crippen molar-refractivity contribution in [2.75, 3.05) is 6.54 Å². The molecule has 0 radical (unpaired) electrons. The molecule has 0 aromatic carbocycles. The summed E-state index contributed by atoms with van der Waals surface area (Å²) < 4.78 is 0. The Morgan fingerprint density at radius 3 is 2.81 bits per heavy atom. The molecule has 3 N–H and O–H groups in total. The Labute approximate surface area is 92.3 Å². The number of nitrogens with zero attached hydrogens (tertiary/aromatic N) is 3.